The standard InChI is InChI=1S/C26H22F3N3O3S/c27-26(28,29)18-5-7-19(8-6-18)31-36(34,35)21-11-12-24-22(16-21)23(25(33)30-24)15-17-3-9-20(10-4-17)32-13-1-2-14-32/h3-12,15-16,31H,1-2,13-14H2,(H,30,33). The lowest BCUT2D eigenvalue weighted by molar-refractivity contribution is -0.137. The summed E-state index contributed by atoms with van der Waals surface area (Å²) in [5.41, 5.74) is 2.26. The maximum absolute atomic E-state index is 12.9. The highest BCUT2D eigenvalue weighted by Crippen LogP contribution is 2.36. The van der Waals surface area contributed by atoms with Crippen LogP contribution in [0, 0.1) is 0 Å². The maximum atomic E-state index is 12.9. The fourth-order valence-corrected chi connectivity index (χ4v) is 5.43. The Morgan fingerprint density at radius 3 is 2.22 bits per heavy atom. The van der Waals surface area contributed by atoms with Gasteiger partial charge in [0.15, 0.2) is 0 Å². The Morgan fingerprint density at radius 2 is 1.58 bits per heavy atom. The number of hydrogen-bond acceptors (Lipinski definition) is 4. The number of anilines is 3. The number of benzene rings is 3. The van der Waals surface area contributed by atoms with Crippen molar-refractivity contribution in [1.29, 1.82) is 0 Å². The van der Waals surface area contributed by atoms with E-state index in [2.05, 4.69) is 14.9 Å². The smallest absolute Gasteiger partial charge is 0.372 e. The third-order valence-corrected chi connectivity index (χ3v) is 7.60. The highest BCUT2D eigenvalue weighted by Gasteiger charge is 2.30. The van der Waals surface area contributed by atoms with Crippen molar-refractivity contribution in [3.63, 3.8) is 0 Å². The second-order valence-corrected chi connectivity index (χ2v) is 10.4. The Hall–Kier alpha value is -3.79. The number of fused-ring (bicyclic) bond motifs is 1. The molecule has 0 aromatic heterocycles. The monoisotopic (exact) mass is 513 g/mol. The predicted molar refractivity (Wildman–Crippen MR) is 133 cm³/mol. The van der Waals surface area contributed by atoms with E-state index >= 15 is 0 Å². The molecule has 1 fully saturated rings. The zero-order valence-corrected chi connectivity index (χ0v) is 19.8. The predicted octanol–water partition coefficient (Wildman–Crippen LogP) is 5.60. The van der Waals surface area contributed by atoms with Gasteiger partial charge >= 0.3 is 6.18 Å². The summed E-state index contributed by atoms with van der Waals surface area (Å²) in [5.74, 6) is -0.348. The van der Waals surface area contributed by atoms with Crippen LogP contribution in [0.1, 0.15) is 29.5 Å². The van der Waals surface area contributed by atoms with Crippen LogP contribution in [0.3, 0.4) is 0 Å². The summed E-state index contributed by atoms with van der Waals surface area (Å²) >= 11 is 0. The molecular formula is C26H22F3N3O3S. The van der Waals surface area contributed by atoms with Crippen LogP contribution in [-0.2, 0) is 21.0 Å². The zero-order chi connectivity index (χ0) is 25.5. The minimum atomic E-state index is -4.52. The van der Waals surface area contributed by atoms with Crippen LogP contribution in [0.4, 0.5) is 30.2 Å². The Balaban J connectivity index is 1.40. The molecule has 0 aliphatic carbocycles. The van der Waals surface area contributed by atoms with Gasteiger partial charge in [-0.15, -0.1) is 0 Å². The first-order valence-corrected chi connectivity index (χ1v) is 12.8. The van der Waals surface area contributed by atoms with E-state index in [1.807, 2.05) is 24.3 Å². The summed E-state index contributed by atoms with van der Waals surface area (Å²) in [7, 11) is -4.12. The largest absolute Gasteiger partial charge is 0.416 e. The summed E-state index contributed by atoms with van der Waals surface area (Å²) in [6, 6.07) is 15.7. The number of alkyl halides is 3. The quantitative estimate of drug-likeness (QED) is 0.436. The van der Waals surface area contributed by atoms with Gasteiger partial charge in [0.05, 0.1) is 10.5 Å². The summed E-state index contributed by atoms with van der Waals surface area (Å²) in [5, 5.41) is 2.74. The van der Waals surface area contributed by atoms with Crippen molar-refractivity contribution < 1.29 is 26.4 Å². The van der Waals surface area contributed by atoms with Crippen molar-refractivity contribution in [3.8, 4) is 0 Å². The molecule has 36 heavy (non-hydrogen) atoms. The molecule has 0 bridgehead atoms. The SMILES string of the molecule is O=C1Nc2ccc(S(=O)(=O)Nc3ccc(C(F)(F)F)cc3)cc2C1=Cc1ccc(N2CCCC2)cc1. The molecule has 0 atom stereocenters. The van der Waals surface area contributed by atoms with Crippen LogP contribution in [0.15, 0.2) is 71.6 Å². The van der Waals surface area contributed by atoms with Gasteiger partial charge < -0.3 is 10.2 Å². The molecule has 0 spiro atoms. The molecule has 3 aromatic rings. The average molecular weight is 514 g/mol. The van der Waals surface area contributed by atoms with Gasteiger partial charge in [-0.2, -0.15) is 13.2 Å². The zero-order valence-electron chi connectivity index (χ0n) is 19.0. The number of amides is 1. The molecule has 186 valence electrons. The highest BCUT2D eigenvalue weighted by molar-refractivity contribution is 7.92. The van der Waals surface area contributed by atoms with Crippen molar-refractivity contribution in [1.82, 2.24) is 0 Å². The van der Waals surface area contributed by atoms with Gasteiger partial charge in [0.2, 0.25) is 0 Å². The maximum Gasteiger partial charge on any atom is 0.416 e. The van der Waals surface area contributed by atoms with E-state index in [0.29, 0.717) is 16.8 Å². The number of nitrogens with zero attached hydrogens (tertiary/aromatic N) is 1. The number of halogens is 3. The lowest BCUT2D eigenvalue weighted by atomic mass is 10.0. The number of hydrogen-bond donors (Lipinski definition) is 2. The number of carbonyl (C=O) groups is 1. The van der Waals surface area contributed by atoms with Crippen LogP contribution in [0.5, 0.6) is 0 Å². The molecule has 1 saturated heterocycles. The molecule has 2 N–H and O–H groups in total. The Bertz CT molecular complexity index is 1440. The van der Waals surface area contributed by atoms with Gasteiger partial charge in [-0.25, -0.2) is 8.42 Å². The van der Waals surface area contributed by atoms with E-state index in [9.17, 15) is 26.4 Å². The van der Waals surface area contributed by atoms with Gasteiger partial charge in [-0.1, -0.05) is 12.1 Å². The van der Waals surface area contributed by atoms with Crippen molar-refractivity contribution >= 4 is 44.6 Å². The van der Waals surface area contributed by atoms with Gasteiger partial charge in [0.25, 0.3) is 15.9 Å². The van der Waals surface area contributed by atoms with Crippen LogP contribution in [0.25, 0.3) is 11.6 Å². The molecular weight excluding hydrogens is 491 g/mol. The lowest BCUT2D eigenvalue weighted by Crippen LogP contribution is -2.17. The van der Waals surface area contributed by atoms with Gasteiger partial charge in [-0.3, -0.25) is 9.52 Å². The first-order chi connectivity index (χ1) is 17.1. The number of sulfonamides is 1. The molecule has 6 nitrogen and oxygen atoms in total. The van der Waals surface area contributed by atoms with Crippen molar-refractivity contribution in [3.05, 3.63) is 83.4 Å². The third kappa shape index (κ3) is 4.81. The van der Waals surface area contributed by atoms with Gasteiger partial charge in [0, 0.05) is 41.3 Å². The van der Waals surface area contributed by atoms with Crippen molar-refractivity contribution in [2.24, 2.45) is 0 Å². The third-order valence-electron chi connectivity index (χ3n) is 6.22. The Labute approximate surface area is 206 Å². The fraction of sp³-hybridized carbons (Fsp3) is 0.192. The van der Waals surface area contributed by atoms with Crippen LogP contribution >= 0.6 is 0 Å². The van der Waals surface area contributed by atoms with Crippen molar-refractivity contribution in [2.45, 2.75) is 23.9 Å². The van der Waals surface area contributed by atoms with E-state index < -0.39 is 21.8 Å². The number of nitrogens with one attached hydrogen (secondary N) is 2. The molecule has 0 saturated carbocycles. The molecule has 5 rings (SSSR count). The first kappa shape index (κ1) is 23.9. The van der Waals surface area contributed by atoms with E-state index in [1.165, 1.54) is 31.0 Å². The summed E-state index contributed by atoms with van der Waals surface area (Å²) in [4.78, 5) is 14.8. The van der Waals surface area contributed by atoms with Gasteiger partial charge in [0.1, 0.15) is 0 Å². The van der Waals surface area contributed by atoms with E-state index in [4.69, 9.17) is 0 Å². The molecule has 3 aromatic carbocycles. The topological polar surface area (TPSA) is 78.5 Å². The second-order valence-electron chi connectivity index (χ2n) is 8.69. The highest BCUT2D eigenvalue weighted by atomic mass is 32.2. The molecule has 1 amide bonds. The van der Waals surface area contributed by atoms with E-state index in [0.717, 1.165) is 48.6 Å². The summed E-state index contributed by atoms with van der Waals surface area (Å²) < 4.78 is 66.5. The number of carbonyl (C=O) groups excluding carboxylic acids is 1. The first-order valence-electron chi connectivity index (χ1n) is 11.3. The molecule has 2 heterocycles. The minimum absolute atomic E-state index is 0.00782. The fourth-order valence-electron chi connectivity index (χ4n) is 4.34. The van der Waals surface area contributed by atoms with Crippen LogP contribution in [0.2, 0.25) is 0 Å². The van der Waals surface area contributed by atoms with E-state index in [-0.39, 0.29) is 16.5 Å². The average Bonchev–Trinajstić information content (AvgIpc) is 3.47. The lowest BCUT2D eigenvalue weighted by Gasteiger charge is -2.17. The normalized spacial score (nSPS) is 16.8. The number of rotatable bonds is 5. The molecule has 2 aliphatic heterocycles. The van der Waals surface area contributed by atoms with Gasteiger partial charge in [-0.05, 0) is 79.1 Å². The second kappa shape index (κ2) is 9.02. The van der Waals surface area contributed by atoms with Crippen LogP contribution < -0.4 is 14.9 Å². The molecule has 2 aliphatic rings. The summed E-state index contributed by atoms with van der Waals surface area (Å²) in [6.45, 7) is 2.04. The minimum Gasteiger partial charge on any atom is -0.372 e. The Morgan fingerprint density at radius 1 is 0.917 bits per heavy atom. The molecule has 10 heteroatoms. The van der Waals surface area contributed by atoms with E-state index in [1.54, 1.807) is 6.08 Å². The molecule has 0 unspecified atom stereocenters. The van der Waals surface area contributed by atoms with Crippen molar-refractivity contribution in [2.75, 3.05) is 28.0 Å². The molecule has 0 radical (unpaired) electrons. The van der Waals surface area contributed by atoms with Crippen LogP contribution in [-0.4, -0.2) is 27.4 Å². The summed E-state index contributed by atoms with van der Waals surface area (Å²) in [6.07, 6.45) is -0.480. The Kier molecular flexibility index (Phi) is 5.99.